The minimum absolute atomic E-state index is 0.127. The lowest BCUT2D eigenvalue weighted by Gasteiger charge is -2.30. The number of aliphatic carboxylic acids is 1. The highest BCUT2D eigenvalue weighted by atomic mass is 16.4. The van der Waals surface area contributed by atoms with E-state index < -0.39 is 5.97 Å². The fourth-order valence-corrected chi connectivity index (χ4v) is 3.02. The Morgan fingerprint density at radius 2 is 1.78 bits per heavy atom. The van der Waals surface area contributed by atoms with Crippen LogP contribution in [0, 0.1) is 5.41 Å². The van der Waals surface area contributed by atoms with Gasteiger partial charge in [0.25, 0.3) is 0 Å². The van der Waals surface area contributed by atoms with Crippen LogP contribution in [0.3, 0.4) is 0 Å². The van der Waals surface area contributed by atoms with Crippen LogP contribution in [0.25, 0.3) is 0 Å². The molecule has 0 aromatic rings. The van der Waals surface area contributed by atoms with Gasteiger partial charge in [-0.1, -0.05) is 19.8 Å². The minimum Gasteiger partial charge on any atom is -0.481 e. The van der Waals surface area contributed by atoms with E-state index in [-0.39, 0.29) is 17.7 Å². The molecule has 0 saturated heterocycles. The first-order valence-electron chi connectivity index (χ1n) is 7.02. The molecular formula is C14H25NO3. The van der Waals surface area contributed by atoms with E-state index in [1.165, 1.54) is 0 Å². The van der Waals surface area contributed by atoms with E-state index in [1.54, 1.807) is 0 Å². The van der Waals surface area contributed by atoms with Gasteiger partial charge in [-0.25, -0.2) is 0 Å². The van der Waals surface area contributed by atoms with E-state index in [0.717, 1.165) is 45.2 Å². The van der Waals surface area contributed by atoms with Crippen LogP contribution in [0.15, 0.2) is 0 Å². The Morgan fingerprint density at radius 1 is 1.17 bits per heavy atom. The Bertz CT molecular complexity index is 295. The van der Waals surface area contributed by atoms with Crippen molar-refractivity contribution in [2.45, 2.75) is 58.8 Å². The van der Waals surface area contributed by atoms with Crippen molar-refractivity contribution in [3.8, 4) is 0 Å². The zero-order valence-electron chi connectivity index (χ0n) is 11.6. The van der Waals surface area contributed by atoms with Gasteiger partial charge >= 0.3 is 5.97 Å². The fraction of sp³-hybridized carbons (Fsp3) is 0.857. The zero-order chi connectivity index (χ0) is 13.6. The molecule has 1 N–H and O–H groups in total. The number of carboxylic acids is 1. The first kappa shape index (κ1) is 15.0. The molecule has 0 atom stereocenters. The predicted octanol–water partition coefficient (Wildman–Crippen LogP) is 2.67. The second kappa shape index (κ2) is 6.76. The molecule has 0 spiro atoms. The average molecular weight is 255 g/mol. The zero-order valence-corrected chi connectivity index (χ0v) is 11.6. The molecule has 4 nitrogen and oxygen atoms in total. The number of rotatable bonds is 7. The molecule has 1 fully saturated rings. The summed E-state index contributed by atoms with van der Waals surface area (Å²) in [7, 11) is 0. The standard InChI is InChI=1S/C14H25NO3/c1-3-9-15(4-2)12(16)10-14(11-13(17)18)7-5-6-8-14/h3-11H2,1-2H3,(H,17,18). The lowest BCUT2D eigenvalue weighted by Crippen LogP contribution is -2.36. The molecule has 1 aliphatic rings. The maximum Gasteiger partial charge on any atom is 0.303 e. The van der Waals surface area contributed by atoms with Gasteiger partial charge in [0, 0.05) is 19.5 Å². The molecule has 104 valence electrons. The van der Waals surface area contributed by atoms with Crippen LogP contribution in [0.2, 0.25) is 0 Å². The lowest BCUT2D eigenvalue weighted by molar-refractivity contribution is -0.141. The van der Waals surface area contributed by atoms with E-state index in [4.69, 9.17) is 5.11 Å². The summed E-state index contributed by atoms with van der Waals surface area (Å²) in [6.45, 7) is 5.53. The molecule has 1 saturated carbocycles. The van der Waals surface area contributed by atoms with Gasteiger partial charge in [-0.05, 0) is 31.6 Å². The third-order valence-electron chi connectivity index (χ3n) is 3.94. The van der Waals surface area contributed by atoms with Gasteiger partial charge in [-0.15, -0.1) is 0 Å². The van der Waals surface area contributed by atoms with Crippen molar-refractivity contribution >= 4 is 11.9 Å². The molecular weight excluding hydrogens is 230 g/mol. The smallest absolute Gasteiger partial charge is 0.303 e. The SMILES string of the molecule is CCCN(CC)C(=O)CC1(CC(=O)O)CCCC1. The molecule has 0 radical (unpaired) electrons. The molecule has 1 rings (SSSR count). The van der Waals surface area contributed by atoms with Gasteiger partial charge < -0.3 is 10.0 Å². The highest BCUT2D eigenvalue weighted by molar-refractivity contribution is 5.78. The Kier molecular flexibility index (Phi) is 5.63. The largest absolute Gasteiger partial charge is 0.481 e. The molecule has 0 aromatic carbocycles. The van der Waals surface area contributed by atoms with Crippen molar-refractivity contribution in [1.29, 1.82) is 0 Å². The number of nitrogens with zero attached hydrogens (tertiary/aromatic N) is 1. The molecule has 0 bridgehead atoms. The molecule has 0 aliphatic heterocycles. The van der Waals surface area contributed by atoms with Gasteiger partial charge in [0.2, 0.25) is 5.91 Å². The number of carbonyl (C=O) groups is 2. The molecule has 1 amide bonds. The maximum atomic E-state index is 12.2. The number of amides is 1. The van der Waals surface area contributed by atoms with Crippen molar-refractivity contribution in [2.24, 2.45) is 5.41 Å². The summed E-state index contributed by atoms with van der Waals surface area (Å²) >= 11 is 0. The first-order valence-corrected chi connectivity index (χ1v) is 7.02. The quantitative estimate of drug-likeness (QED) is 0.761. The predicted molar refractivity (Wildman–Crippen MR) is 70.3 cm³/mol. The first-order chi connectivity index (χ1) is 8.53. The molecule has 0 aromatic heterocycles. The number of hydrogen-bond acceptors (Lipinski definition) is 2. The van der Waals surface area contributed by atoms with E-state index in [1.807, 2.05) is 11.8 Å². The second-order valence-corrected chi connectivity index (χ2v) is 5.43. The highest BCUT2D eigenvalue weighted by Gasteiger charge is 2.38. The second-order valence-electron chi connectivity index (χ2n) is 5.43. The summed E-state index contributed by atoms with van der Waals surface area (Å²) in [4.78, 5) is 25.1. The summed E-state index contributed by atoms with van der Waals surface area (Å²) in [5.74, 6) is -0.647. The van der Waals surface area contributed by atoms with E-state index >= 15 is 0 Å². The van der Waals surface area contributed by atoms with E-state index in [0.29, 0.717) is 6.42 Å². The van der Waals surface area contributed by atoms with Gasteiger partial charge in [-0.3, -0.25) is 9.59 Å². The van der Waals surface area contributed by atoms with Crippen molar-refractivity contribution in [1.82, 2.24) is 4.90 Å². The lowest BCUT2D eigenvalue weighted by atomic mass is 9.79. The van der Waals surface area contributed by atoms with E-state index in [2.05, 4.69) is 6.92 Å². The fourth-order valence-electron chi connectivity index (χ4n) is 3.02. The summed E-state index contributed by atoms with van der Waals surface area (Å²) in [5, 5.41) is 9.03. The highest BCUT2D eigenvalue weighted by Crippen LogP contribution is 2.44. The molecule has 0 heterocycles. The van der Waals surface area contributed by atoms with Crippen molar-refractivity contribution < 1.29 is 14.7 Å². The van der Waals surface area contributed by atoms with Crippen molar-refractivity contribution in [2.75, 3.05) is 13.1 Å². The summed E-state index contributed by atoms with van der Waals surface area (Å²) in [6, 6.07) is 0. The molecule has 4 heteroatoms. The van der Waals surface area contributed by atoms with E-state index in [9.17, 15) is 9.59 Å². The maximum absolute atomic E-state index is 12.2. The number of carbonyl (C=O) groups excluding carboxylic acids is 1. The van der Waals surface area contributed by atoms with Gasteiger partial charge in [-0.2, -0.15) is 0 Å². The topological polar surface area (TPSA) is 57.6 Å². The Hall–Kier alpha value is -1.06. The van der Waals surface area contributed by atoms with Crippen LogP contribution in [0.4, 0.5) is 0 Å². The van der Waals surface area contributed by atoms with Crippen LogP contribution >= 0.6 is 0 Å². The van der Waals surface area contributed by atoms with Crippen LogP contribution < -0.4 is 0 Å². The van der Waals surface area contributed by atoms with Gasteiger partial charge in [0.15, 0.2) is 0 Å². The number of carboxylic acid groups (broad SMARTS) is 1. The summed E-state index contributed by atoms with van der Waals surface area (Å²) in [6.07, 6.45) is 5.38. The van der Waals surface area contributed by atoms with Gasteiger partial charge in [0.1, 0.15) is 0 Å². The Labute approximate surface area is 109 Å². The Morgan fingerprint density at radius 3 is 2.22 bits per heavy atom. The van der Waals surface area contributed by atoms with Crippen LogP contribution in [-0.4, -0.2) is 35.0 Å². The van der Waals surface area contributed by atoms with Crippen LogP contribution in [-0.2, 0) is 9.59 Å². The minimum atomic E-state index is -0.775. The van der Waals surface area contributed by atoms with Crippen molar-refractivity contribution in [3.05, 3.63) is 0 Å². The third kappa shape index (κ3) is 4.00. The normalized spacial score (nSPS) is 17.7. The number of hydrogen-bond donors (Lipinski definition) is 1. The molecule has 18 heavy (non-hydrogen) atoms. The average Bonchev–Trinajstić information content (AvgIpc) is 2.72. The molecule has 1 aliphatic carbocycles. The third-order valence-corrected chi connectivity index (χ3v) is 3.94. The molecule has 0 unspecified atom stereocenters. The van der Waals surface area contributed by atoms with Crippen LogP contribution in [0.5, 0.6) is 0 Å². The summed E-state index contributed by atoms with van der Waals surface area (Å²) < 4.78 is 0. The van der Waals surface area contributed by atoms with Gasteiger partial charge in [0.05, 0.1) is 6.42 Å². The Balaban J connectivity index is 2.65. The summed E-state index contributed by atoms with van der Waals surface area (Å²) in [5.41, 5.74) is -0.274. The monoisotopic (exact) mass is 255 g/mol. The van der Waals surface area contributed by atoms with Crippen molar-refractivity contribution in [3.63, 3.8) is 0 Å². The van der Waals surface area contributed by atoms with Crippen LogP contribution in [0.1, 0.15) is 58.8 Å².